The zero-order chi connectivity index (χ0) is 48.9. The molecule has 7 aromatic carbocycles. The highest BCUT2D eigenvalue weighted by Gasteiger charge is 2.51. The van der Waals surface area contributed by atoms with E-state index in [1.165, 1.54) is 0 Å². The summed E-state index contributed by atoms with van der Waals surface area (Å²) < 4.78 is 55.4. The molecular weight excluding hydrogens is 893 g/mol. The minimum atomic E-state index is -0.902. The number of ether oxygens (including phenoxy) is 8. The minimum absolute atomic E-state index is 0.131. The lowest BCUT2D eigenvalue weighted by atomic mass is 9.85. The molecule has 2 saturated heterocycles. The number of hydrogen-bond donors (Lipinski definition) is 2. The van der Waals surface area contributed by atoms with E-state index >= 15 is 0 Å². The molecule has 0 saturated carbocycles. The summed E-state index contributed by atoms with van der Waals surface area (Å²) in [6, 6.07) is 61.7. The Kier molecular flexibility index (Phi) is 17.0. The molecule has 368 valence electrons. The van der Waals surface area contributed by atoms with Crippen LogP contribution < -0.4 is 0 Å². The Labute approximate surface area is 417 Å². The molecule has 0 radical (unpaired) electrons. The first-order chi connectivity index (χ1) is 34.8. The fourth-order valence-electron chi connectivity index (χ4n) is 9.61. The van der Waals surface area contributed by atoms with E-state index in [1.807, 2.05) is 196 Å². The van der Waals surface area contributed by atoms with Crippen molar-refractivity contribution in [2.45, 2.75) is 121 Å². The van der Waals surface area contributed by atoms with Crippen molar-refractivity contribution in [3.8, 4) is 11.5 Å². The van der Waals surface area contributed by atoms with Crippen molar-refractivity contribution in [1.82, 2.24) is 0 Å². The van der Waals surface area contributed by atoms with Crippen molar-refractivity contribution < 1.29 is 48.1 Å². The molecule has 10 atom stereocenters. The first-order valence-electron chi connectivity index (χ1n) is 24.6. The van der Waals surface area contributed by atoms with Crippen LogP contribution in [0.2, 0.25) is 0 Å². The van der Waals surface area contributed by atoms with Gasteiger partial charge in [0.2, 0.25) is 0 Å². The van der Waals surface area contributed by atoms with Gasteiger partial charge in [0.25, 0.3) is 0 Å². The van der Waals surface area contributed by atoms with Gasteiger partial charge in [0.05, 0.1) is 51.8 Å². The van der Waals surface area contributed by atoms with E-state index in [0.717, 1.165) is 33.4 Å². The number of phenolic OH excluding ortho intramolecular Hbond substituents is 2. The molecule has 0 unspecified atom stereocenters. The van der Waals surface area contributed by atoms with Gasteiger partial charge in [0.1, 0.15) is 60.3 Å². The van der Waals surface area contributed by atoms with Gasteiger partial charge in [-0.25, -0.2) is 0 Å². The van der Waals surface area contributed by atoms with Crippen LogP contribution in [-0.4, -0.2) is 59.0 Å². The van der Waals surface area contributed by atoms with E-state index in [0.29, 0.717) is 24.3 Å². The Morgan fingerprint density at radius 1 is 0.338 bits per heavy atom. The molecule has 0 aliphatic carbocycles. The van der Waals surface area contributed by atoms with Crippen LogP contribution in [0.25, 0.3) is 0 Å². The lowest BCUT2D eigenvalue weighted by Crippen LogP contribution is -2.56. The highest BCUT2D eigenvalue weighted by molar-refractivity contribution is 5.55. The summed E-state index contributed by atoms with van der Waals surface area (Å²) in [5, 5.41) is 24.6. The van der Waals surface area contributed by atoms with E-state index in [4.69, 9.17) is 37.9 Å². The smallest absolute Gasteiger partial charge is 0.128 e. The quantitative estimate of drug-likeness (QED) is 0.0765. The summed E-state index contributed by atoms with van der Waals surface area (Å²) in [6.07, 6.45) is -7.02. The van der Waals surface area contributed by atoms with Crippen LogP contribution in [-0.2, 0) is 77.5 Å². The summed E-state index contributed by atoms with van der Waals surface area (Å²) in [4.78, 5) is 0. The van der Waals surface area contributed by atoms with Crippen LogP contribution in [0, 0.1) is 6.92 Å². The highest BCUT2D eigenvalue weighted by Crippen LogP contribution is 2.49. The van der Waals surface area contributed by atoms with Crippen molar-refractivity contribution in [3.05, 3.63) is 238 Å². The molecule has 7 aromatic rings. The molecule has 2 heterocycles. The zero-order valence-electron chi connectivity index (χ0n) is 40.6. The highest BCUT2D eigenvalue weighted by atomic mass is 16.6. The van der Waals surface area contributed by atoms with E-state index in [2.05, 4.69) is 0 Å². The maximum absolute atomic E-state index is 12.3. The van der Waals surface area contributed by atoms with Crippen LogP contribution in [0.5, 0.6) is 11.5 Å². The third kappa shape index (κ3) is 12.5. The fraction of sp³-hybridized carbons (Fsp3) is 0.311. The largest absolute Gasteiger partial charge is 0.507 e. The van der Waals surface area contributed by atoms with Crippen LogP contribution in [0.4, 0.5) is 0 Å². The Bertz CT molecular complexity index is 2490. The van der Waals surface area contributed by atoms with Gasteiger partial charge in [-0.15, -0.1) is 0 Å². The maximum atomic E-state index is 12.3. The average molecular weight is 957 g/mol. The number of rotatable bonds is 20. The Morgan fingerprint density at radius 3 is 0.817 bits per heavy atom. The van der Waals surface area contributed by atoms with Gasteiger partial charge in [-0.1, -0.05) is 182 Å². The molecule has 10 heteroatoms. The topological polar surface area (TPSA) is 114 Å². The Morgan fingerprint density at radius 2 is 0.563 bits per heavy atom. The lowest BCUT2D eigenvalue weighted by molar-refractivity contribution is -0.265. The van der Waals surface area contributed by atoms with E-state index in [-0.39, 0.29) is 43.5 Å². The molecular formula is C61H64O10. The van der Waals surface area contributed by atoms with Gasteiger partial charge in [0.15, 0.2) is 0 Å². The Balaban J connectivity index is 1.12. The van der Waals surface area contributed by atoms with Crippen LogP contribution in [0.1, 0.15) is 76.1 Å². The van der Waals surface area contributed by atoms with Crippen LogP contribution in [0.3, 0.4) is 0 Å². The summed E-state index contributed by atoms with van der Waals surface area (Å²) in [6.45, 7) is 7.26. The van der Waals surface area contributed by atoms with E-state index in [1.54, 1.807) is 13.0 Å². The summed E-state index contributed by atoms with van der Waals surface area (Å²) in [5.41, 5.74) is 6.94. The molecule has 0 amide bonds. The van der Waals surface area contributed by atoms with Gasteiger partial charge >= 0.3 is 0 Å². The molecule has 0 spiro atoms. The van der Waals surface area contributed by atoms with Crippen LogP contribution >= 0.6 is 0 Å². The number of aromatic hydroxyl groups is 2. The molecule has 0 aromatic heterocycles. The third-order valence-corrected chi connectivity index (χ3v) is 13.4. The van der Waals surface area contributed by atoms with Gasteiger partial charge in [-0.05, 0) is 60.2 Å². The predicted molar refractivity (Wildman–Crippen MR) is 271 cm³/mol. The number of hydrogen-bond acceptors (Lipinski definition) is 10. The zero-order valence-corrected chi connectivity index (χ0v) is 40.6. The first kappa shape index (κ1) is 49.8. The second-order valence-electron chi connectivity index (χ2n) is 18.5. The molecule has 2 fully saturated rings. The Hall–Kier alpha value is -6.18. The van der Waals surface area contributed by atoms with Gasteiger partial charge in [0, 0.05) is 16.7 Å². The van der Waals surface area contributed by atoms with Crippen molar-refractivity contribution >= 4 is 0 Å². The minimum Gasteiger partial charge on any atom is -0.507 e. The number of benzene rings is 7. The predicted octanol–water partition coefficient (Wildman–Crippen LogP) is 11.8. The van der Waals surface area contributed by atoms with Crippen LogP contribution in [0.15, 0.2) is 188 Å². The average Bonchev–Trinajstić information content (AvgIpc) is 3.41. The molecule has 2 N–H and O–H groups in total. The van der Waals surface area contributed by atoms with Crippen molar-refractivity contribution in [2.75, 3.05) is 0 Å². The first-order valence-corrected chi connectivity index (χ1v) is 24.6. The molecule has 0 bridgehead atoms. The van der Waals surface area contributed by atoms with Crippen molar-refractivity contribution in [2.24, 2.45) is 0 Å². The molecule has 2 aliphatic rings. The lowest BCUT2D eigenvalue weighted by Gasteiger charge is -2.47. The molecule has 9 rings (SSSR count). The maximum Gasteiger partial charge on any atom is 0.128 e. The monoisotopic (exact) mass is 956 g/mol. The summed E-state index contributed by atoms with van der Waals surface area (Å²) in [7, 11) is 0. The normalized spacial score (nSPS) is 24.4. The fourth-order valence-corrected chi connectivity index (χ4v) is 9.61. The van der Waals surface area contributed by atoms with Gasteiger partial charge < -0.3 is 48.1 Å². The van der Waals surface area contributed by atoms with Gasteiger partial charge in [-0.3, -0.25) is 0 Å². The van der Waals surface area contributed by atoms with Crippen molar-refractivity contribution in [3.63, 3.8) is 0 Å². The van der Waals surface area contributed by atoms with E-state index < -0.39 is 61.0 Å². The van der Waals surface area contributed by atoms with E-state index in [9.17, 15) is 10.2 Å². The summed E-state index contributed by atoms with van der Waals surface area (Å²) >= 11 is 0. The SMILES string of the molecule is Cc1c(O)c([C@H]2O[C@@H](C)[C@@H](OCc3ccccc3)[C@@H](OCc3ccccc3)[C@@H]2OCc2ccccc2)cc([C@H]2O[C@@H](C)[C@@H](OCc3ccccc3)[C@@H](OCc3ccccc3)[C@@H]2OCc2ccccc2)c1O. The molecule has 10 nitrogen and oxygen atoms in total. The third-order valence-electron chi connectivity index (χ3n) is 13.4. The van der Waals surface area contributed by atoms with Gasteiger partial charge in [-0.2, -0.15) is 0 Å². The second-order valence-corrected chi connectivity index (χ2v) is 18.5. The standard InChI is InChI=1S/C61H64O10/c1-41-52(62)50(56-60(68-39-48-30-18-8-19-31-48)58(66-37-46-26-14-6-15-27-46)54(42(2)70-56)64-35-44-22-10-4-11-23-44)34-51(53(41)63)57-61(69-40-49-32-20-9-21-33-49)59(67-38-47-28-16-7-17-29-47)55(43(3)71-57)65-36-45-24-12-5-13-25-45/h4-34,42-43,54-63H,35-40H2,1-3H3/t42-,43-,54+,55+,56+,57+,58+,59+,60+,61+/m0/s1. The molecule has 71 heavy (non-hydrogen) atoms. The van der Waals surface area contributed by atoms with Crippen molar-refractivity contribution in [1.29, 1.82) is 0 Å². The summed E-state index contributed by atoms with van der Waals surface area (Å²) in [5.74, 6) is -0.262. The molecule has 2 aliphatic heterocycles. The second kappa shape index (κ2) is 24.3. The number of phenols is 2.